The number of carbonyl (C=O) groups excluding carboxylic acids is 1. The van der Waals surface area contributed by atoms with Gasteiger partial charge in [-0.15, -0.1) is 0 Å². The number of pyridine rings is 1. The van der Waals surface area contributed by atoms with Gasteiger partial charge >= 0.3 is 0 Å². The lowest BCUT2D eigenvalue weighted by Gasteiger charge is -2.35. The highest BCUT2D eigenvalue weighted by molar-refractivity contribution is 6.04. The van der Waals surface area contributed by atoms with E-state index in [0.717, 1.165) is 5.82 Å². The van der Waals surface area contributed by atoms with Crippen molar-refractivity contribution < 1.29 is 4.79 Å². The molecule has 4 rings (SSSR count). The van der Waals surface area contributed by atoms with Gasteiger partial charge < -0.3 is 9.80 Å². The number of piperazine rings is 1. The number of hydrogen-bond acceptors (Lipinski definition) is 5. The molecule has 7 nitrogen and oxygen atoms in total. The van der Waals surface area contributed by atoms with Gasteiger partial charge in [-0.3, -0.25) is 9.59 Å². The monoisotopic (exact) mass is 391 g/mol. The maximum Gasteiger partial charge on any atom is 0.275 e. The topological polar surface area (TPSA) is 71.3 Å². The third kappa shape index (κ3) is 3.60. The zero-order chi connectivity index (χ0) is 20.5. The molecule has 0 aliphatic carbocycles. The van der Waals surface area contributed by atoms with Gasteiger partial charge in [-0.1, -0.05) is 18.2 Å². The molecule has 0 spiro atoms. The summed E-state index contributed by atoms with van der Waals surface area (Å²) < 4.78 is 1.41. The van der Waals surface area contributed by atoms with Gasteiger partial charge in [0.2, 0.25) is 0 Å². The van der Waals surface area contributed by atoms with Crippen LogP contribution in [0.25, 0.3) is 10.8 Å². The molecule has 0 atom stereocenters. The van der Waals surface area contributed by atoms with Gasteiger partial charge in [-0.05, 0) is 44.5 Å². The molecule has 0 radical (unpaired) electrons. The summed E-state index contributed by atoms with van der Waals surface area (Å²) in [5.41, 5.74) is 1.35. The van der Waals surface area contributed by atoms with Crippen LogP contribution in [0.15, 0.2) is 47.4 Å². The Hall–Kier alpha value is -3.22. The Kier molecular flexibility index (Phi) is 5.05. The Balaban J connectivity index is 1.62. The van der Waals surface area contributed by atoms with E-state index in [0.29, 0.717) is 42.6 Å². The second-order valence-corrected chi connectivity index (χ2v) is 7.71. The molecular weight excluding hydrogens is 366 g/mol. The number of nitrogens with zero attached hydrogens (tertiary/aromatic N) is 5. The van der Waals surface area contributed by atoms with Gasteiger partial charge in [-0.25, -0.2) is 9.67 Å². The predicted molar refractivity (Wildman–Crippen MR) is 113 cm³/mol. The van der Waals surface area contributed by atoms with Crippen LogP contribution < -0.4 is 10.5 Å². The fourth-order valence-electron chi connectivity index (χ4n) is 3.70. The maximum absolute atomic E-state index is 13.3. The third-order valence-corrected chi connectivity index (χ3v) is 5.31. The van der Waals surface area contributed by atoms with E-state index in [-0.39, 0.29) is 17.5 Å². The molecule has 1 aromatic carbocycles. The molecule has 7 heteroatoms. The van der Waals surface area contributed by atoms with Crippen molar-refractivity contribution >= 4 is 22.5 Å². The van der Waals surface area contributed by atoms with Crippen LogP contribution in [0.3, 0.4) is 0 Å². The van der Waals surface area contributed by atoms with Crippen LogP contribution in [0.5, 0.6) is 0 Å². The number of rotatable bonds is 3. The first-order valence-corrected chi connectivity index (χ1v) is 9.94. The zero-order valence-corrected chi connectivity index (χ0v) is 17.0. The summed E-state index contributed by atoms with van der Waals surface area (Å²) in [4.78, 5) is 34.5. The van der Waals surface area contributed by atoms with E-state index >= 15 is 0 Å². The average molecular weight is 391 g/mol. The number of hydrogen-bond donors (Lipinski definition) is 0. The summed E-state index contributed by atoms with van der Waals surface area (Å²) >= 11 is 0. The number of fused-ring (bicyclic) bond motifs is 1. The summed E-state index contributed by atoms with van der Waals surface area (Å²) in [6, 6.07) is 11.1. The minimum atomic E-state index is -0.164. The van der Waals surface area contributed by atoms with Crippen molar-refractivity contribution in [3.8, 4) is 0 Å². The lowest BCUT2D eigenvalue weighted by atomic mass is 10.1. The van der Waals surface area contributed by atoms with E-state index in [2.05, 4.69) is 21.0 Å². The summed E-state index contributed by atoms with van der Waals surface area (Å²) in [5.74, 6) is 0.807. The van der Waals surface area contributed by atoms with Crippen LogP contribution in [-0.4, -0.2) is 51.8 Å². The number of carbonyl (C=O) groups is 1. The van der Waals surface area contributed by atoms with Crippen molar-refractivity contribution in [1.82, 2.24) is 19.7 Å². The summed E-state index contributed by atoms with van der Waals surface area (Å²) in [6.07, 6.45) is 1.81. The number of amides is 1. The van der Waals surface area contributed by atoms with Crippen molar-refractivity contribution in [1.29, 1.82) is 0 Å². The van der Waals surface area contributed by atoms with Gasteiger partial charge in [0.15, 0.2) is 5.69 Å². The molecular formula is C22H25N5O2. The van der Waals surface area contributed by atoms with E-state index in [9.17, 15) is 9.59 Å². The lowest BCUT2D eigenvalue weighted by Crippen LogP contribution is -2.49. The SMILES string of the molecule is Cc1ccnc(N2CCN(C(=O)c3nn(C(C)C)c(=O)c4ccccc34)CC2)c1. The Labute approximate surface area is 169 Å². The summed E-state index contributed by atoms with van der Waals surface area (Å²) in [6.45, 7) is 8.44. The fraction of sp³-hybridized carbons (Fsp3) is 0.364. The van der Waals surface area contributed by atoms with Crippen molar-refractivity contribution in [2.45, 2.75) is 26.8 Å². The smallest absolute Gasteiger partial charge is 0.275 e. The van der Waals surface area contributed by atoms with Gasteiger partial charge in [0.05, 0.1) is 11.4 Å². The lowest BCUT2D eigenvalue weighted by molar-refractivity contribution is 0.0739. The molecule has 2 aromatic heterocycles. The average Bonchev–Trinajstić information content (AvgIpc) is 2.73. The molecule has 1 saturated heterocycles. The maximum atomic E-state index is 13.3. The number of benzene rings is 1. The number of aromatic nitrogens is 3. The molecule has 1 aliphatic heterocycles. The zero-order valence-electron chi connectivity index (χ0n) is 17.0. The molecule has 1 fully saturated rings. The minimum absolute atomic E-state index is 0.122. The van der Waals surface area contributed by atoms with Crippen LogP contribution in [0.2, 0.25) is 0 Å². The van der Waals surface area contributed by atoms with Crippen molar-refractivity contribution in [3.63, 3.8) is 0 Å². The number of aryl methyl sites for hydroxylation is 1. The Morgan fingerprint density at radius 2 is 1.72 bits per heavy atom. The molecule has 0 bridgehead atoms. The molecule has 1 aliphatic rings. The van der Waals surface area contributed by atoms with E-state index in [1.807, 2.05) is 50.1 Å². The largest absolute Gasteiger partial charge is 0.353 e. The number of anilines is 1. The molecule has 0 N–H and O–H groups in total. The third-order valence-electron chi connectivity index (χ3n) is 5.31. The molecule has 0 unspecified atom stereocenters. The van der Waals surface area contributed by atoms with E-state index in [1.54, 1.807) is 12.1 Å². The van der Waals surface area contributed by atoms with E-state index in [1.165, 1.54) is 10.2 Å². The fourth-order valence-corrected chi connectivity index (χ4v) is 3.70. The molecule has 3 aromatic rings. The van der Waals surface area contributed by atoms with Crippen LogP contribution in [0.1, 0.15) is 35.9 Å². The minimum Gasteiger partial charge on any atom is -0.353 e. The van der Waals surface area contributed by atoms with Gasteiger partial charge in [0, 0.05) is 37.8 Å². The van der Waals surface area contributed by atoms with Crippen LogP contribution in [0.4, 0.5) is 5.82 Å². The molecule has 1 amide bonds. The predicted octanol–water partition coefficient (Wildman–Crippen LogP) is 2.64. The highest BCUT2D eigenvalue weighted by atomic mass is 16.2. The second kappa shape index (κ2) is 7.66. The van der Waals surface area contributed by atoms with Gasteiger partial charge in [-0.2, -0.15) is 5.10 Å². The highest BCUT2D eigenvalue weighted by Crippen LogP contribution is 2.19. The highest BCUT2D eigenvalue weighted by Gasteiger charge is 2.26. The van der Waals surface area contributed by atoms with Gasteiger partial charge in [0.25, 0.3) is 11.5 Å². The van der Waals surface area contributed by atoms with Crippen molar-refractivity contribution in [2.75, 3.05) is 31.1 Å². The summed E-state index contributed by atoms with van der Waals surface area (Å²) in [7, 11) is 0. The molecule has 29 heavy (non-hydrogen) atoms. The molecule has 150 valence electrons. The Morgan fingerprint density at radius 1 is 1.03 bits per heavy atom. The van der Waals surface area contributed by atoms with E-state index < -0.39 is 0 Å². The molecule has 3 heterocycles. The van der Waals surface area contributed by atoms with E-state index in [4.69, 9.17) is 0 Å². The first kappa shape index (κ1) is 19.1. The van der Waals surface area contributed by atoms with Crippen LogP contribution >= 0.6 is 0 Å². The normalized spacial score (nSPS) is 14.6. The first-order valence-electron chi connectivity index (χ1n) is 9.94. The molecule has 0 saturated carbocycles. The van der Waals surface area contributed by atoms with Crippen molar-refractivity contribution in [3.05, 3.63) is 64.2 Å². The second-order valence-electron chi connectivity index (χ2n) is 7.71. The Morgan fingerprint density at radius 3 is 2.38 bits per heavy atom. The first-order chi connectivity index (χ1) is 14.0. The Bertz CT molecular complexity index is 1110. The van der Waals surface area contributed by atoms with Crippen LogP contribution in [-0.2, 0) is 0 Å². The van der Waals surface area contributed by atoms with Gasteiger partial charge in [0.1, 0.15) is 5.82 Å². The van der Waals surface area contributed by atoms with Crippen molar-refractivity contribution in [2.24, 2.45) is 0 Å². The quantitative estimate of drug-likeness (QED) is 0.686. The summed E-state index contributed by atoms with van der Waals surface area (Å²) in [5, 5.41) is 5.59. The van der Waals surface area contributed by atoms with Crippen LogP contribution in [0, 0.1) is 6.92 Å². The standard InChI is InChI=1S/C22H25N5O2/c1-15(2)27-21(28)18-7-5-4-6-17(18)20(24-27)22(29)26-12-10-25(11-13-26)19-14-16(3)8-9-23-19/h4-9,14-15H,10-13H2,1-3H3.